The van der Waals surface area contributed by atoms with Crippen molar-refractivity contribution < 1.29 is 0 Å². The molecule has 0 spiro atoms. The van der Waals surface area contributed by atoms with Crippen molar-refractivity contribution >= 4 is 98.0 Å². The minimum atomic E-state index is 0.677. The number of benzene rings is 13. The highest BCUT2D eigenvalue weighted by atomic mass is 15.1. The molecule has 5 aromatic heterocycles. The summed E-state index contributed by atoms with van der Waals surface area (Å²) in [7, 11) is 0. The zero-order valence-corrected chi connectivity index (χ0v) is 46.4. The van der Waals surface area contributed by atoms with Gasteiger partial charge in [0.2, 0.25) is 0 Å². The van der Waals surface area contributed by atoms with Gasteiger partial charge in [-0.1, -0.05) is 170 Å². The lowest BCUT2D eigenvalue weighted by atomic mass is 10.0. The van der Waals surface area contributed by atoms with Gasteiger partial charge in [0.05, 0.1) is 55.4 Å². The van der Waals surface area contributed by atoms with Gasteiger partial charge in [0.25, 0.3) is 0 Å². The number of hydrogen-bond donors (Lipinski definition) is 0. The highest BCUT2D eigenvalue weighted by Crippen LogP contribution is 2.51. The third kappa shape index (κ3) is 6.72. The Bertz CT molecular complexity index is 5870. The van der Waals surface area contributed by atoms with Crippen molar-refractivity contribution in [1.29, 1.82) is 0 Å². The molecule has 86 heavy (non-hydrogen) atoms. The van der Waals surface area contributed by atoms with E-state index in [0.29, 0.717) is 5.82 Å². The average Bonchev–Trinajstić information content (AvgIpc) is 1.75. The molecule has 0 fully saturated rings. The molecule has 6 heteroatoms. The summed E-state index contributed by atoms with van der Waals surface area (Å²) in [6.07, 6.45) is 0. The Morgan fingerprint density at radius 2 is 0.581 bits per heavy atom. The van der Waals surface area contributed by atoms with Crippen LogP contribution in [0.1, 0.15) is 0 Å². The Kier molecular flexibility index (Phi) is 9.80. The highest BCUT2D eigenvalue weighted by molar-refractivity contribution is 6.19. The van der Waals surface area contributed by atoms with Crippen LogP contribution in [0.15, 0.2) is 291 Å². The second-order valence-electron chi connectivity index (χ2n) is 22.9. The van der Waals surface area contributed by atoms with E-state index in [1.165, 1.54) is 92.6 Å². The molecule has 0 aliphatic heterocycles. The fraction of sp³-hybridized carbons (Fsp3) is 0. The topological polar surface area (TPSA) is 45.5 Å². The van der Waals surface area contributed by atoms with Crippen LogP contribution in [0.25, 0.3) is 177 Å². The number of rotatable bonds is 7. The maximum Gasteiger partial charge on any atom is 0.162 e. The van der Waals surface area contributed by atoms with Gasteiger partial charge >= 0.3 is 0 Å². The summed E-state index contributed by atoms with van der Waals surface area (Å²) >= 11 is 0. The van der Waals surface area contributed by atoms with Gasteiger partial charge in [-0.2, -0.15) is 0 Å². The lowest BCUT2D eigenvalue weighted by molar-refractivity contribution is 1.05. The van der Waals surface area contributed by atoms with Crippen LogP contribution in [0.3, 0.4) is 0 Å². The molecule has 6 nitrogen and oxygen atoms in total. The first-order chi connectivity index (χ1) is 42.7. The van der Waals surface area contributed by atoms with E-state index < -0.39 is 0 Å². The van der Waals surface area contributed by atoms with Gasteiger partial charge in [0.1, 0.15) is 5.82 Å². The minimum Gasteiger partial charge on any atom is -0.309 e. The summed E-state index contributed by atoms with van der Waals surface area (Å²) in [4.78, 5) is 11.3. The largest absolute Gasteiger partial charge is 0.309 e. The Hall–Kier alpha value is -11.6. The van der Waals surface area contributed by atoms with Gasteiger partial charge in [0.15, 0.2) is 5.82 Å². The van der Waals surface area contributed by atoms with Crippen molar-refractivity contribution in [1.82, 2.24) is 28.2 Å². The molecule has 0 atom stereocenters. The third-order valence-corrected chi connectivity index (χ3v) is 18.3. The zero-order valence-electron chi connectivity index (χ0n) is 46.4. The van der Waals surface area contributed by atoms with Crippen molar-refractivity contribution in [2.24, 2.45) is 0 Å². The summed E-state index contributed by atoms with van der Waals surface area (Å²) in [5, 5.41) is 12.1. The van der Waals surface area contributed by atoms with Crippen LogP contribution >= 0.6 is 0 Å². The minimum absolute atomic E-state index is 0.677. The lowest BCUT2D eigenvalue weighted by Crippen LogP contribution is -2.04. The standard InChI is InChI=1S/C80H48N6/c1-3-19-55(20-4-1)83-68-29-11-7-23-58(68)64-45-51(35-41-72(64)83)52-37-43-74-66(47-52)60-25-9-13-31-70(60)85(74)57-39-33-50(34-40-57)79-81-78-63-28-16-18-49-17-15-27-62(76(49)63)77(78)80(82-79)86-71-32-14-10-26-61(71)67-48-54(38-44-75(67)86)53-36-42-73-65(46-53)59-24-8-12-30-69(59)84(73)56-21-5-2-6-22-56/h1-48H. The first-order valence-corrected chi connectivity index (χ1v) is 29.5. The predicted molar refractivity (Wildman–Crippen MR) is 358 cm³/mol. The maximum atomic E-state index is 5.72. The Labute approximate surface area is 493 Å². The van der Waals surface area contributed by atoms with Gasteiger partial charge in [-0.15, -0.1) is 0 Å². The molecule has 0 saturated heterocycles. The van der Waals surface area contributed by atoms with Gasteiger partial charge < -0.3 is 13.7 Å². The Morgan fingerprint density at radius 3 is 1.02 bits per heavy atom. The van der Waals surface area contributed by atoms with Crippen molar-refractivity contribution in [3.05, 3.63) is 291 Å². The number of nitrogens with zero attached hydrogens (tertiary/aromatic N) is 6. The molecule has 1 aliphatic rings. The van der Waals surface area contributed by atoms with Gasteiger partial charge in [0, 0.05) is 71.3 Å². The van der Waals surface area contributed by atoms with E-state index in [1.807, 2.05) is 0 Å². The van der Waals surface area contributed by atoms with Gasteiger partial charge in [-0.25, -0.2) is 9.97 Å². The number of fused-ring (bicyclic) bond motifs is 15. The molecule has 19 rings (SSSR count). The number of para-hydroxylation sites is 6. The molecule has 0 N–H and O–H groups in total. The zero-order chi connectivity index (χ0) is 56.1. The number of hydrogen-bond acceptors (Lipinski definition) is 2. The van der Waals surface area contributed by atoms with E-state index in [4.69, 9.17) is 9.97 Å². The molecule has 1 aliphatic carbocycles. The van der Waals surface area contributed by atoms with Crippen LogP contribution in [0.2, 0.25) is 0 Å². The van der Waals surface area contributed by atoms with Crippen molar-refractivity contribution in [3.63, 3.8) is 0 Å². The monoisotopic (exact) mass is 1090 g/mol. The van der Waals surface area contributed by atoms with E-state index in [-0.39, 0.29) is 0 Å². The summed E-state index contributed by atoms with van der Waals surface area (Å²) in [6, 6.07) is 106. The van der Waals surface area contributed by atoms with Crippen LogP contribution in [0.4, 0.5) is 0 Å². The average molecular weight is 1090 g/mol. The molecule has 398 valence electrons. The summed E-state index contributed by atoms with van der Waals surface area (Å²) < 4.78 is 9.54. The second kappa shape index (κ2) is 18.0. The molecule has 13 aromatic carbocycles. The van der Waals surface area contributed by atoms with E-state index in [0.717, 1.165) is 78.5 Å². The van der Waals surface area contributed by atoms with Crippen molar-refractivity contribution in [2.75, 3.05) is 0 Å². The fourth-order valence-corrected chi connectivity index (χ4v) is 14.5. The summed E-state index contributed by atoms with van der Waals surface area (Å²) in [5.74, 6) is 1.54. The van der Waals surface area contributed by atoms with Crippen molar-refractivity contribution in [3.8, 4) is 78.9 Å². The van der Waals surface area contributed by atoms with Crippen LogP contribution in [-0.2, 0) is 0 Å². The molecule has 0 amide bonds. The van der Waals surface area contributed by atoms with E-state index in [9.17, 15) is 0 Å². The third-order valence-electron chi connectivity index (χ3n) is 18.3. The highest BCUT2D eigenvalue weighted by Gasteiger charge is 2.30. The fourth-order valence-electron chi connectivity index (χ4n) is 14.5. The normalized spacial score (nSPS) is 12.2. The second-order valence-corrected chi connectivity index (χ2v) is 22.9. The number of aromatic nitrogens is 6. The van der Waals surface area contributed by atoms with Crippen molar-refractivity contribution in [2.45, 2.75) is 0 Å². The molecule has 0 saturated carbocycles. The van der Waals surface area contributed by atoms with E-state index in [1.54, 1.807) is 0 Å². The Balaban J connectivity index is 0.741. The molecule has 0 unspecified atom stereocenters. The van der Waals surface area contributed by atoms with Gasteiger partial charge in [-0.05, 0) is 160 Å². The van der Waals surface area contributed by atoms with E-state index in [2.05, 4.69) is 309 Å². The lowest BCUT2D eigenvalue weighted by Gasteiger charge is -2.15. The van der Waals surface area contributed by atoms with Crippen LogP contribution in [-0.4, -0.2) is 28.2 Å². The van der Waals surface area contributed by atoms with Crippen LogP contribution < -0.4 is 0 Å². The van der Waals surface area contributed by atoms with Crippen LogP contribution in [0.5, 0.6) is 0 Å². The molecule has 18 aromatic rings. The smallest absolute Gasteiger partial charge is 0.162 e. The summed E-state index contributed by atoms with van der Waals surface area (Å²) in [6.45, 7) is 0. The molecule has 5 heterocycles. The van der Waals surface area contributed by atoms with Crippen LogP contribution in [0, 0.1) is 0 Å². The molecular weight excluding hydrogens is 1040 g/mol. The van der Waals surface area contributed by atoms with Gasteiger partial charge in [-0.3, -0.25) is 4.57 Å². The Morgan fingerprint density at radius 1 is 0.233 bits per heavy atom. The first-order valence-electron chi connectivity index (χ1n) is 29.5. The van der Waals surface area contributed by atoms with E-state index >= 15 is 0 Å². The molecule has 0 bridgehead atoms. The first kappa shape index (κ1) is 46.9. The SMILES string of the molecule is c1ccc(-n2c3ccccc3c3cc(-c4ccc5c(c4)c4ccccc4n5-c4ccc(-c5nc6c(c(-n7c8ccccc8c8cc(-c9ccc%10c(c9)c9ccccc9n%10-c9ccccc9)ccc87)n5)-c5cccc7cccc-6c57)cc4)ccc32)cc1. The quantitative estimate of drug-likeness (QED) is 0.160. The molecular formula is C80H48N6. The summed E-state index contributed by atoms with van der Waals surface area (Å²) in [5.41, 5.74) is 22.6. The maximum absolute atomic E-state index is 5.72. The molecule has 0 radical (unpaired) electrons. The predicted octanol–water partition coefficient (Wildman–Crippen LogP) is 20.7.